The van der Waals surface area contributed by atoms with E-state index >= 15 is 0 Å². The molecule has 1 saturated heterocycles. The quantitative estimate of drug-likeness (QED) is 0.323. The Morgan fingerprint density at radius 1 is 0.949 bits per heavy atom. The molecular formula is C29H33N5O5. The third-order valence-electron chi connectivity index (χ3n) is 6.97. The topological polar surface area (TPSA) is 127 Å². The highest BCUT2D eigenvalue weighted by molar-refractivity contribution is 6.01. The molecule has 2 heterocycles. The van der Waals surface area contributed by atoms with Gasteiger partial charge in [0.15, 0.2) is 5.78 Å². The van der Waals surface area contributed by atoms with Crippen LogP contribution in [-0.2, 0) is 17.7 Å². The Balaban J connectivity index is 1.34. The van der Waals surface area contributed by atoms with Crippen molar-refractivity contribution >= 4 is 29.4 Å². The van der Waals surface area contributed by atoms with E-state index in [1.54, 1.807) is 35.2 Å². The van der Waals surface area contributed by atoms with E-state index in [1.165, 1.54) is 7.11 Å². The lowest BCUT2D eigenvalue weighted by molar-refractivity contribution is 0.0600. The summed E-state index contributed by atoms with van der Waals surface area (Å²) in [6, 6.07) is 17.8. The summed E-state index contributed by atoms with van der Waals surface area (Å²) in [5.41, 5.74) is 9.19. The minimum Gasteiger partial charge on any atom is -0.465 e. The Morgan fingerprint density at radius 2 is 1.62 bits per heavy atom. The normalized spacial score (nSPS) is 13.6. The van der Waals surface area contributed by atoms with Crippen LogP contribution in [0.4, 0.5) is 10.5 Å². The summed E-state index contributed by atoms with van der Waals surface area (Å²) in [7, 11) is 1.31. The minimum atomic E-state index is -0.556. The van der Waals surface area contributed by atoms with E-state index < -0.39 is 11.9 Å². The van der Waals surface area contributed by atoms with Crippen LogP contribution in [-0.4, -0.2) is 77.9 Å². The molecule has 10 heteroatoms. The van der Waals surface area contributed by atoms with Gasteiger partial charge < -0.3 is 25.3 Å². The fourth-order valence-electron chi connectivity index (χ4n) is 4.70. The number of esters is 1. The zero-order valence-corrected chi connectivity index (χ0v) is 22.2. The second-order valence-electron chi connectivity index (χ2n) is 9.47. The predicted octanol–water partition coefficient (Wildman–Crippen LogP) is 2.96. The van der Waals surface area contributed by atoms with Gasteiger partial charge in [0.25, 0.3) is 5.91 Å². The Labute approximate surface area is 227 Å². The Bertz CT molecular complexity index is 1340. The number of nitrogens with one attached hydrogen (secondary N) is 1. The Hall–Kier alpha value is -4.44. The number of urea groups is 1. The number of ketones is 1. The van der Waals surface area contributed by atoms with Crippen molar-refractivity contribution in [1.29, 1.82) is 0 Å². The largest absolute Gasteiger partial charge is 0.465 e. The molecule has 0 bridgehead atoms. The lowest BCUT2D eigenvalue weighted by Crippen LogP contribution is -2.51. The zero-order chi connectivity index (χ0) is 27.9. The molecule has 3 aromatic rings. The first-order chi connectivity index (χ1) is 18.8. The van der Waals surface area contributed by atoms with Crippen molar-refractivity contribution in [3.8, 4) is 0 Å². The number of aromatic nitrogens is 1. The van der Waals surface area contributed by atoms with Crippen LogP contribution in [0.15, 0.2) is 60.7 Å². The number of methoxy groups -OCH3 is 1. The van der Waals surface area contributed by atoms with Gasteiger partial charge in [-0.3, -0.25) is 14.5 Å². The Morgan fingerprint density at radius 3 is 2.23 bits per heavy atom. The number of primary amides is 1. The number of hydrogen-bond acceptors (Lipinski definition) is 6. The predicted molar refractivity (Wildman–Crippen MR) is 147 cm³/mol. The molecule has 0 unspecified atom stereocenters. The molecule has 0 atom stereocenters. The van der Waals surface area contributed by atoms with Crippen LogP contribution in [0.2, 0.25) is 0 Å². The number of anilines is 1. The third kappa shape index (κ3) is 6.71. The molecule has 39 heavy (non-hydrogen) atoms. The van der Waals surface area contributed by atoms with Gasteiger partial charge >= 0.3 is 12.0 Å². The SMILES string of the molecule is COC(=O)c1ccc(NC(=O)N2CCN(CC(=O)c3cc(C(N)=O)c(C)n3CCc3ccccc3)CC2)cc1. The van der Waals surface area contributed by atoms with E-state index in [1.807, 2.05) is 46.7 Å². The van der Waals surface area contributed by atoms with Gasteiger partial charge in [-0.25, -0.2) is 9.59 Å². The second-order valence-corrected chi connectivity index (χ2v) is 9.47. The van der Waals surface area contributed by atoms with Gasteiger partial charge in [0, 0.05) is 44.1 Å². The van der Waals surface area contributed by atoms with Crippen LogP contribution in [0.1, 0.15) is 42.5 Å². The summed E-state index contributed by atoms with van der Waals surface area (Å²) in [6.45, 7) is 4.53. The van der Waals surface area contributed by atoms with Gasteiger partial charge in [0.2, 0.25) is 0 Å². The van der Waals surface area contributed by atoms with Crippen molar-refractivity contribution in [2.45, 2.75) is 19.9 Å². The number of Topliss-reactive ketones (excluding diaryl/α,β-unsaturated/α-hetero) is 1. The van der Waals surface area contributed by atoms with Crippen molar-refractivity contribution in [3.05, 3.63) is 88.7 Å². The number of amides is 3. The van der Waals surface area contributed by atoms with Crippen LogP contribution in [0.25, 0.3) is 0 Å². The first kappa shape index (κ1) is 27.6. The third-order valence-corrected chi connectivity index (χ3v) is 6.97. The maximum absolute atomic E-state index is 13.3. The summed E-state index contributed by atoms with van der Waals surface area (Å²) in [5, 5.41) is 2.83. The van der Waals surface area contributed by atoms with E-state index in [-0.39, 0.29) is 18.4 Å². The highest BCUT2D eigenvalue weighted by Gasteiger charge is 2.26. The maximum atomic E-state index is 13.3. The highest BCUT2D eigenvalue weighted by Crippen LogP contribution is 2.19. The molecule has 2 aromatic carbocycles. The molecule has 4 rings (SSSR count). The monoisotopic (exact) mass is 531 g/mol. The molecule has 1 aliphatic heterocycles. The number of carbonyl (C=O) groups is 4. The number of nitrogens with two attached hydrogens (primary N) is 1. The number of ether oxygens (including phenoxy) is 1. The maximum Gasteiger partial charge on any atom is 0.337 e. The van der Waals surface area contributed by atoms with Crippen LogP contribution in [0, 0.1) is 6.92 Å². The standard InChI is InChI=1S/C29H33N5O5/c1-20-24(27(30)36)18-25(34(20)13-12-21-6-4-3-5-7-21)26(35)19-32-14-16-33(17-15-32)29(38)31-23-10-8-22(9-11-23)28(37)39-2/h3-11,18H,12-17,19H2,1-2H3,(H2,30,36)(H,31,38). The molecule has 3 amide bonds. The number of benzene rings is 2. The van der Waals surface area contributed by atoms with Gasteiger partial charge in [0.05, 0.1) is 30.5 Å². The van der Waals surface area contributed by atoms with E-state index in [0.717, 1.165) is 5.56 Å². The minimum absolute atomic E-state index is 0.0951. The van der Waals surface area contributed by atoms with E-state index in [0.29, 0.717) is 67.3 Å². The van der Waals surface area contributed by atoms with Crippen LogP contribution >= 0.6 is 0 Å². The summed E-state index contributed by atoms with van der Waals surface area (Å²) in [4.78, 5) is 53.3. The molecule has 0 spiro atoms. The molecule has 1 aliphatic rings. The summed E-state index contributed by atoms with van der Waals surface area (Å²) >= 11 is 0. The lowest BCUT2D eigenvalue weighted by atomic mass is 10.1. The molecule has 1 aromatic heterocycles. The van der Waals surface area contributed by atoms with E-state index in [2.05, 4.69) is 10.1 Å². The number of piperazine rings is 1. The smallest absolute Gasteiger partial charge is 0.337 e. The van der Waals surface area contributed by atoms with Gasteiger partial charge in [-0.1, -0.05) is 30.3 Å². The molecular weight excluding hydrogens is 498 g/mol. The zero-order valence-electron chi connectivity index (χ0n) is 22.2. The highest BCUT2D eigenvalue weighted by atomic mass is 16.5. The number of carbonyl (C=O) groups excluding carboxylic acids is 4. The second kappa shape index (κ2) is 12.4. The van der Waals surface area contributed by atoms with Crippen molar-refractivity contribution < 1.29 is 23.9 Å². The molecule has 0 radical (unpaired) electrons. The molecule has 0 saturated carbocycles. The first-order valence-corrected chi connectivity index (χ1v) is 12.8. The van der Waals surface area contributed by atoms with Crippen LogP contribution in [0.3, 0.4) is 0 Å². The average Bonchev–Trinajstić information content (AvgIpc) is 3.29. The van der Waals surface area contributed by atoms with E-state index in [4.69, 9.17) is 5.73 Å². The van der Waals surface area contributed by atoms with Crippen molar-refractivity contribution in [3.63, 3.8) is 0 Å². The van der Waals surface area contributed by atoms with Crippen molar-refractivity contribution in [2.24, 2.45) is 5.73 Å². The number of rotatable bonds is 9. The number of hydrogen-bond donors (Lipinski definition) is 2. The van der Waals surface area contributed by atoms with Gasteiger partial charge in [0.1, 0.15) is 0 Å². The lowest BCUT2D eigenvalue weighted by Gasteiger charge is -2.34. The van der Waals surface area contributed by atoms with Gasteiger partial charge in [-0.15, -0.1) is 0 Å². The Kier molecular flexibility index (Phi) is 8.77. The average molecular weight is 532 g/mol. The first-order valence-electron chi connectivity index (χ1n) is 12.8. The summed E-state index contributed by atoms with van der Waals surface area (Å²) < 4.78 is 6.57. The van der Waals surface area contributed by atoms with Gasteiger partial charge in [-0.2, -0.15) is 0 Å². The molecule has 204 valence electrons. The van der Waals surface area contributed by atoms with Crippen LogP contribution in [0.5, 0.6) is 0 Å². The molecule has 1 fully saturated rings. The van der Waals surface area contributed by atoms with E-state index in [9.17, 15) is 19.2 Å². The van der Waals surface area contributed by atoms with Crippen LogP contribution < -0.4 is 11.1 Å². The molecule has 3 N–H and O–H groups in total. The fourth-order valence-corrected chi connectivity index (χ4v) is 4.70. The summed E-state index contributed by atoms with van der Waals surface area (Å²) in [5.74, 6) is -1.09. The van der Waals surface area contributed by atoms with Crippen molar-refractivity contribution in [2.75, 3.05) is 45.2 Å². The molecule has 0 aliphatic carbocycles. The fraction of sp³-hybridized carbons (Fsp3) is 0.310. The molecule has 10 nitrogen and oxygen atoms in total. The van der Waals surface area contributed by atoms with Crippen molar-refractivity contribution in [1.82, 2.24) is 14.4 Å². The van der Waals surface area contributed by atoms with Gasteiger partial charge in [-0.05, 0) is 49.2 Å². The number of aryl methyl sites for hydroxylation is 1. The number of nitrogens with zero attached hydrogens (tertiary/aromatic N) is 3. The summed E-state index contributed by atoms with van der Waals surface area (Å²) in [6.07, 6.45) is 0.716.